The minimum absolute atomic E-state index is 0.583. The molecule has 0 unspecified atom stereocenters. The van der Waals surface area contributed by atoms with E-state index in [1.807, 2.05) is 115 Å². The highest BCUT2D eigenvalue weighted by atomic mass is 32.3. The van der Waals surface area contributed by atoms with Crippen molar-refractivity contribution in [3.63, 3.8) is 0 Å². The van der Waals surface area contributed by atoms with E-state index in [2.05, 4.69) is 24.3 Å². The summed E-state index contributed by atoms with van der Waals surface area (Å²) in [5.74, 6) is 0.583. The molecule has 0 fully saturated rings. The van der Waals surface area contributed by atoms with Gasteiger partial charge in [0.25, 0.3) is 0 Å². The molecule has 5 rings (SSSR count). The molecule has 0 N–H and O–H groups in total. The average molecular weight is 476 g/mol. The van der Waals surface area contributed by atoms with Crippen molar-refractivity contribution in [2.24, 2.45) is 0 Å². The quantitative estimate of drug-likeness (QED) is 0.214. The van der Waals surface area contributed by atoms with Gasteiger partial charge in [-0.3, -0.25) is 4.18 Å². The summed E-state index contributed by atoms with van der Waals surface area (Å²) < 4.78 is 20.7. The highest BCUT2D eigenvalue weighted by molar-refractivity contribution is 7.99. The second-order valence-electron chi connectivity index (χ2n) is 8.51. The lowest BCUT2D eigenvalue weighted by atomic mass is 10.1. The van der Waals surface area contributed by atoms with Gasteiger partial charge in [-0.05, 0) is 75.7 Å². The Hall–Kier alpha value is -3.95. The summed E-state index contributed by atoms with van der Waals surface area (Å²) in [5, 5.41) is 0. The van der Waals surface area contributed by atoms with Gasteiger partial charge in [0.05, 0.1) is 0 Å². The van der Waals surface area contributed by atoms with Crippen LogP contribution in [0.4, 0.5) is 0 Å². The van der Waals surface area contributed by atoms with Crippen LogP contribution < -0.4 is 4.18 Å². The zero-order chi connectivity index (χ0) is 23.9. The van der Waals surface area contributed by atoms with Crippen LogP contribution in [0.1, 0.15) is 22.3 Å². The van der Waals surface area contributed by atoms with Crippen molar-refractivity contribution in [3.05, 3.63) is 162 Å². The second kappa shape index (κ2) is 10.5. The van der Waals surface area contributed by atoms with E-state index in [9.17, 15) is 4.21 Å². The number of para-hydroxylation sites is 1. The van der Waals surface area contributed by atoms with Crippen LogP contribution in [0.15, 0.2) is 149 Å². The number of rotatable bonds is 8. The van der Waals surface area contributed by atoms with Crippen LogP contribution >= 0.6 is 0 Å². The summed E-state index contributed by atoms with van der Waals surface area (Å²) >= 11 is 0. The number of hydrogen-bond acceptors (Lipinski definition) is 2. The molecule has 0 saturated heterocycles. The van der Waals surface area contributed by atoms with Crippen molar-refractivity contribution in [1.82, 2.24) is 0 Å². The lowest BCUT2D eigenvalue weighted by Crippen LogP contribution is -2.20. The maximum atomic E-state index is 14.5. The Kier molecular flexibility index (Phi) is 6.87. The molecule has 0 heterocycles. The first-order chi connectivity index (χ1) is 17.2. The average Bonchev–Trinajstić information content (AvgIpc) is 2.91. The van der Waals surface area contributed by atoms with Crippen LogP contribution in [0, 0.1) is 0 Å². The van der Waals surface area contributed by atoms with Crippen molar-refractivity contribution in [2.45, 2.75) is 22.6 Å². The monoisotopic (exact) mass is 475 g/mol. The van der Waals surface area contributed by atoms with Gasteiger partial charge in [0, 0.05) is 0 Å². The van der Waals surface area contributed by atoms with E-state index in [1.165, 1.54) is 22.3 Å². The normalized spacial score (nSPS) is 11.2. The molecule has 0 atom stereocenters. The fraction of sp³-hybridized carbons (Fsp3) is 0.0625. The van der Waals surface area contributed by atoms with Crippen molar-refractivity contribution in [1.29, 1.82) is 0 Å². The minimum Gasteiger partial charge on any atom is -0.275 e. The summed E-state index contributed by atoms with van der Waals surface area (Å²) in [6, 6.07) is 46.0. The fourth-order valence-electron chi connectivity index (χ4n) is 4.08. The topological polar surface area (TPSA) is 26.3 Å². The predicted molar refractivity (Wildman–Crippen MR) is 143 cm³/mol. The molecule has 0 aliphatic carbocycles. The van der Waals surface area contributed by atoms with Crippen molar-refractivity contribution in [2.75, 3.05) is 0 Å². The molecular formula is C32H27O2S+. The first-order valence-corrected chi connectivity index (χ1v) is 13.2. The second-order valence-corrected chi connectivity index (χ2v) is 10.6. The molecule has 0 radical (unpaired) electrons. The van der Waals surface area contributed by atoms with Crippen LogP contribution in [0.3, 0.4) is 0 Å². The predicted octanol–water partition coefficient (Wildman–Crippen LogP) is 7.78. The van der Waals surface area contributed by atoms with E-state index in [0.29, 0.717) is 15.5 Å². The summed E-state index contributed by atoms with van der Waals surface area (Å²) in [4.78, 5) is 1.32. The summed E-state index contributed by atoms with van der Waals surface area (Å²) in [6.45, 7) is 0. The Labute approximate surface area is 208 Å². The highest BCUT2D eigenvalue weighted by Gasteiger charge is 2.38. The van der Waals surface area contributed by atoms with Crippen LogP contribution in [-0.4, -0.2) is 0 Å². The molecule has 0 amide bonds. The van der Waals surface area contributed by atoms with E-state index in [-0.39, 0.29) is 0 Å². The zero-order valence-corrected chi connectivity index (χ0v) is 20.2. The Morgan fingerprint density at radius 2 is 0.771 bits per heavy atom. The standard InChI is InChI=1S/C32H27O2S/c33-35(34-30-14-8-3-9-15-30,31-20-16-28(17-21-31)24-26-10-4-1-5-11-26)32-22-18-29(19-23-32)25-27-12-6-2-7-13-27/h1-23H,24-25H2/q+1. The third-order valence-electron chi connectivity index (χ3n) is 5.93. The van der Waals surface area contributed by atoms with E-state index in [4.69, 9.17) is 4.18 Å². The highest BCUT2D eigenvalue weighted by Crippen LogP contribution is 2.33. The van der Waals surface area contributed by atoms with E-state index in [0.717, 1.165) is 12.8 Å². The smallest absolute Gasteiger partial charge is 0.275 e. The van der Waals surface area contributed by atoms with Gasteiger partial charge in [0.1, 0.15) is 0 Å². The van der Waals surface area contributed by atoms with Crippen molar-refractivity contribution in [3.8, 4) is 5.75 Å². The molecular weight excluding hydrogens is 448 g/mol. The van der Waals surface area contributed by atoms with Crippen LogP contribution in [-0.2, 0) is 27.3 Å². The minimum atomic E-state index is -2.98. The van der Waals surface area contributed by atoms with E-state index < -0.39 is 10.2 Å². The molecule has 172 valence electrons. The Bertz CT molecular complexity index is 1310. The molecule has 0 spiro atoms. The van der Waals surface area contributed by atoms with Gasteiger partial charge in [-0.2, -0.15) is 0 Å². The van der Waals surface area contributed by atoms with Crippen LogP contribution in [0.25, 0.3) is 0 Å². The Balaban J connectivity index is 1.45. The van der Waals surface area contributed by atoms with Gasteiger partial charge >= 0.3 is 10.2 Å². The van der Waals surface area contributed by atoms with Gasteiger partial charge in [-0.15, -0.1) is 0 Å². The fourth-order valence-corrected chi connectivity index (χ4v) is 5.92. The van der Waals surface area contributed by atoms with Gasteiger partial charge in [-0.25, -0.2) is 0 Å². The molecule has 5 aromatic carbocycles. The van der Waals surface area contributed by atoms with Crippen molar-refractivity contribution >= 4 is 10.2 Å². The summed E-state index contributed by atoms with van der Waals surface area (Å²) in [5.41, 5.74) is 4.82. The Morgan fingerprint density at radius 1 is 0.429 bits per heavy atom. The third kappa shape index (κ3) is 5.59. The molecule has 2 nitrogen and oxygen atoms in total. The van der Waals surface area contributed by atoms with Gasteiger partial charge in [0.15, 0.2) is 5.75 Å². The number of benzene rings is 5. The Morgan fingerprint density at radius 3 is 1.17 bits per heavy atom. The SMILES string of the molecule is O=[S+](Oc1ccccc1)(c1ccc(Cc2ccccc2)cc1)c1ccc(Cc2ccccc2)cc1. The molecule has 0 aromatic heterocycles. The van der Waals surface area contributed by atoms with Gasteiger partial charge in [-0.1, -0.05) is 103 Å². The molecule has 35 heavy (non-hydrogen) atoms. The molecule has 0 aliphatic rings. The maximum Gasteiger partial charge on any atom is 0.325 e. The van der Waals surface area contributed by atoms with Crippen molar-refractivity contribution < 1.29 is 8.39 Å². The molecule has 0 saturated carbocycles. The molecule has 5 aromatic rings. The lowest BCUT2D eigenvalue weighted by Gasteiger charge is -2.13. The molecule has 0 bridgehead atoms. The van der Waals surface area contributed by atoms with E-state index >= 15 is 0 Å². The number of hydrogen-bond donors (Lipinski definition) is 0. The summed E-state index contributed by atoms with van der Waals surface area (Å²) in [6.07, 6.45) is 1.66. The van der Waals surface area contributed by atoms with Gasteiger partial charge < -0.3 is 0 Å². The summed E-state index contributed by atoms with van der Waals surface area (Å²) in [7, 11) is -2.98. The lowest BCUT2D eigenvalue weighted by molar-refractivity contribution is 0.499. The largest absolute Gasteiger partial charge is 0.325 e. The first kappa shape index (κ1) is 22.8. The molecule has 0 aliphatic heterocycles. The maximum absolute atomic E-state index is 14.5. The molecule has 3 heteroatoms. The van der Waals surface area contributed by atoms with Crippen LogP contribution in [0.5, 0.6) is 5.75 Å². The van der Waals surface area contributed by atoms with E-state index in [1.54, 1.807) is 0 Å². The first-order valence-electron chi connectivity index (χ1n) is 11.7. The third-order valence-corrected chi connectivity index (χ3v) is 8.14. The zero-order valence-electron chi connectivity index (χ0n) is 19.4. The van der Waals surface area contributed by atoms with Crippen LogP contribution in [0.2, 0.25) is 0 Å². The van der Waals surface area contributed by atoms with Gasteiger partial charge in [0.2, 0.25) is 9.79 Å².